The zero-order valence-corrected chi connectivity index (χ0v) is 14.6. The lowest BCUT2D eigenvalue weighted by Crippen LogP contribution is -2.33. The Labute approximate surface area is 126 Å². The minimum absolute atomic E-state index is 0.288. The van der Waals surface area contributed by atoms with Crippen LogP contribution < -0.4 is 0 Å². The van der Waals surface area contributed by atoms with Gasteiger partial charge in [0.15, 0.2) is 0 Å². The van der Waals surface area contributed by atoms with Gasteiger partial charge in [0.25, 0.3) is 0 Å². The van der Waals surface area contributed by atoms with Gasteiger partial charge in [0.05, 0.1) is 0 Å². The van der Waals surface area contributed by atoms with Gasteiger partial charge in [0.2, 0.25) is 0 Å². The molecule has 0 radical (unpaired) electrons. The van der Waals surface area contributed by atoms with E-state index in [0.717, 1.165) is 0 Å². The van der Waals surface area contributed by atoms with E-state index >= 15 is 0 Å². The van der Waals surface area contributed by atoms with Gasteiger partial charge in [-0.1, -0.05) is 59.8 Å². The zero-order chi connectivity index (χ0) is 15.3. The molecule has 2 rings (SSSR count). The molecular formula is C20H32. The van der Waals surface area contributed by atoms with Crippen LogP contribution in [0.1, 0.15) is 74.1 Å². The molecule has 0 aliphatic heterocycles. The largest absolute Gasteiger partial charge is 0.0958 e. The lowest BCUT2D eigenvalue weighted by Gasteiger charge is -2.46. The first-order valence-electron chi connectivity index (χ1n) is 8.10. The molecule has 2 aliphatic carbocycles. The Balaban J connectivity index is 2.73. The molecule has 20 heavy (non-hydrogen) atoms. The minimum atomic E-state index is 0.288. The third kappa shape index (κ3) is 2.67. The van der Waals surface area contributed by atoms with Gasteiger partial charge in [-0.15, -0.1) is 0 Å². The van der Waals surface area contributed by atoms with Crippen molar-refractivity contribution < 1.29 is 0 Å². The van der Waals surface area contributed by atoms with Crippen molar-refractivity contribution in [2.45, 2.75) is 74.1 Å². The molecule has 0 aromatic rings. The van der Waals surface area contributed by atoms with Crippen LogP contribution in [0.5, 0.6) is 0 Å². The summed E-state index contributed by atoms with van der Waals surface area (Å²) in [5.74, 6) is 0. The van der Waals surface area contributed by atoms with E-state index in [1.165, 1.54) is 31.3 Å². The van der Waals surface area contributed by atoms with Crippen molar-refractivity contribution in [1.82, 2.24) is 0 Å². The highest BCUT2D eigenvalue weighted by molar-refractivity contribution is 5.52. The van der Waals surface area contributed by atoms with Gasteiger partial charge in [0, 0.05) is 0 Å². The summed E-state index contributed by atoms with van der Waals surface area (Å²) in [6.45, 7) is 20.9. The third-order valence-corrected chi connectivity index (χ3v) is 5.42. The highest BCUT2D eigenvalue weighted by Crippen LogP contribution is 2.56. The van der Waals surface area contributed by atoms with Crippen LogP contribution in [0.15, 0.2) is 34.9 Å². The first-order valence-corrected chi connectivity index (χ1v) is 8.10. The molecule has 0 aromatic carbocycles. The Kier molecular flexibility index (Phi) is 3.60. The first-order chi connectivity index (χ1) is 8.96. The van der Waals surface area contributed by atoms with E-state index in [9.17, 15) is 0 Å². The van der Waals surface area contributed by atoms with E-state index in [1.807, 2.05) is 0 Å². The second-order valence-corrected chi connectivity index (χ2v) is 8.95. The van der Waals surface area contributed by atoms with E-state index in [0.29, 0.717) is 10.8 Å². The molecule has 0 unspecified atom stereocenters. The van der Waals surface area contributed by atoms with Crippen molar-refractivity contribution in [2.75, 3.05) is 0 Å². The van der Waals surface area contributed by atoms with E-state index in [-0.39, 0.29) is 5.41 Å². The van der Waals surface area contributed by atoms with Crippen LogP contribution in [-0.4, -0.2) is 0 Å². The molecular weight excluding hydrogens is 240 g/mol. The van der Waals surface area contributed by atoms with Gasteiger partial charge in [0.1, 0.15) is 0 Å². The predicted molar refractivity (Wildman–Crippen MR) is 89.7 cm³/mol. The molecule has 1 fully saturated rings. The van der Waals surface area contributed by atoms with Crippen LogP contribution in [-0.2, 0) is 0 Å². The second-order valence-electron chi connectivity index (χ2n) is 8.95. The average Bonchev–Trinajstić information content (AvgIpc) is 2.42. The van der Waals surface area contributed by atoms with Gasteiger partial charge >= 0.3 is 0 Å². The molecule has 112 valence electrons. The molecule has 0 bridgehead atoms. The summed E-state index contributed by atoms with van der Waals surface area (Å²) in [5.41, 5.74) is 6.92. The van der Waals surface area contributed by atoms with Crippen molar-refractivity contribution in [3.05, 3.63) is 34.9 Å². The van der Waals surface area contributed by atoms with Gasteiger partial charge in [-0.2, -0.15) is 0 Å². The maximum atomic E-state index is 4.29. The van der Waals surface area contributed by atoms with Gasteiger partial charge in [-0.25, -0.2) is 0 Å². The van der Waals surface area contributed by atoms with Crippen molar-refractivity contribution in [1.29, 1.82) is 0 Å². The molecule has 0 saturated heterocycles. The monoisotopic (exact) mass is 272 g/mol. The Morgan fingerprint density at radius 3 is 2.05 bits per heavy atom. The molecule has 0 spiro atoms. The quantitative estimate of drug-likeness (QED) is 0.514. The lowest BCUT2D eigenvalue weighted by molar-refractivity contribution is 0.256. The molecule has 2 aliphatic rings. The van der Waals surface area contributed by atoms with Crippen LogP contribution in [0.3, 0.4) is 0 Å². The summed E-state index contributed by atoms with van der Waals surface area (Å²) in [5, 5.41) is 0. The molecule has 0 N–H and O–H groups in total. The third-order valence-electron chi connectivity index (χ3n) is 5.42. The summed E-state index contributed by atoms with van der Waals surface area (Å²) < 4.78 is 0. The maximum absolute atomic E-state index is 4.29. The summed E-state index contributed by atoms with van der Waals surface area (Å²) in [4.78, 5) is 0. The first kappa shape index (κ1) is 15.6. The Bertz CT molecular complexity index is 492. The summed E-state index contributed by atoms with van der Waals surface area (Å²) >= 11 is 0. The van der Waals surface area contributed by atoms with Crippen LogP contribution >= 0.6 is 0 Å². The predicted octanol–water partition coefficient (Wildman–Crippen LogP) is 6.45. The number of hydrogen-bond donors (Lipinski definition) is 0. The number of allylic oxidation sites excluding steroid dienone is 5. The van der Waals surface area contributed by atoms with Crippen molar-refractivity contribution in [3.63, 3.8) is 0 Å². The molecule has 0 amide bonds. The number of rotatable bonds is 1. The highest BCUT2D eigenvalue weighted by atomic mass is 14.5. The topological polar surface area (TPSA) is 0 Å². The molecule has 0 nitrogen and oxygen atoms in total. The molecule has 0 aromatic heterocycles. The Hall–Kier alpha value is -0.780. The molecule has 1 saturated carbocycles. The molecule has 0 heterocycles. The average molecular weight is 272 g/mol. The van der Waals surface area contributed by atoms with E-state index < -0.39 is 0 Å². The van der Waals surface area contributed by atoms with Crippen LogP contribution in [0.4, 0.5) is 0 Å². The van der Waals surface area contributed by atoms with Crippen molar-refractivity contribution in [3.8, 4) is 0 Å². The summed E-state index contributed by atoms with van der Waals surface area (Å²) in [7, 11) is 0. The molecule has 0 atom stereocenters. The Morgan fingerprint density at radius 2 is 1.50 bits per heavy atom. The van der Waals surface area contributed by atoms with Crippen LogP contribution in [0, 0.1) is 16.2 Å². The van der Waals surface area contributed by atoms with Crippen LogP contribution in [0.2, 0.25) is 0 Å². The van der Waals surface area contributed by atoms with E-state index in [2.05, 4.69) is 61.1 Å². The zero-order valence-electron chi connectivity index (χ0n) is 14.6. The smallest absolute Gasteiger partial charge is 0.00976 e. The maximum Gasteiger partial charge on any atom is -0.00976 e. The summed E-state index contributed by atoms with van der Waals surface area (Å²) in [6.07, 6.45) is 7.56. The minimum Gasteiger partial charge on any atom is -0.0958 e. The van der Waals surface area contributed by atoms with Gasteiger partial charge in [-0.3, -0.25) is 0 Å². The highest BCUT2D eigenvalue weighted by Gasteiger charge is 2.43. The Morgan fingerprint density at radius 1 is 0.950 bits per heavy atom. The second kappa shape index (κ2) is 4.61. The number of fused-ring (bicyclic) bond motifs is 1. The van der Waals surface area contributed by atoms with Gasteiger partial charge < -0.3 is 0 Å². The SMILES string of the molecule is C=C(C)C1=C2C(=CC(C)(C)CC1)C(C)(C)CCC2(C)C. The summed E-state index contributed by atoms with van der Waals surface area (Å²) in [6, 6.07) is 0. The lowest BCUT2D eigenvalue weighted by atomic mass is 9.59. The van der Waals surface area contributed by atoms with E-state index in [1.54, 1.807) is 16.7 Å². The van der Waals surface area contributed by atoms with Crippen LogP contribution in [0.25, 0.3) is 0 Å². The standard InChI is InChI=1S/C20H32/c1-14(2)15-9-10-18(3,4)13-16-17(15)20(7,8)12-11-19(16,5)6/h13H,1,9-12H2,2-8H3. The van der Waals surface area contributed by atoms with Gasteiger partial charge in [-0.05, 0) is 65.6 Å². The van der Waals surface area contributed by atoms with Crippen molar-refractivity contribution >= 4 is 0 Å². The molecule has 0 heteroatoms. The fraction of sp³-hybridized carbons (Fsp3) is 0.700. The number of hydrogen-bond acceptors (Lipinski definition) is 0. The van der Waals surface area contributed by atoms with E-state index in [4.69, 9.17) is 0 Å². The van der Waals surface area contributed by atoms with Crippen molar-refractivity contribution in [2.24, 2.45) is 16.2 Å². The fourth-order valence-electron chi connectivity index (χ4n) is 3.89. The fourth-order valence-corrected chi connectivity index (χ4v) is 3.89. The normalized spacial score (nSPS) is 27.4.